The fourth-order valence-corrected chi connectivity index (χ4v) is 3.31. The molecule has 1 aromatic carbocycles. The molecule has 0 aliphatic rings. The van der Waals surface area contributed by atoms with Gasteiger partial charge in [-0.05, 0) is 42.3 Å². The van der Waals surface area contributed by atoms with Gasteiger partial charge in [-0.2, -0.15) is 10.2 Å². The minimum Gasteiger partial charge on any atom is -0.263 e. The van der Waals surface area contributed by atoms with Crippen molar-refractivity contribution in [3.8, 4) is 28.1 Å². The smallest absolute Gasteiger partial charge is 0.193 e. The maximum atomic E-state index is 14.8. The first kappa shape index (κ1) is 17.6. The summed E-state index contributed by atoms with van der Waals surface area (Å²) in [5.74, 6) is 0.0152. The lowest BCUT2D eigenvalue weighted by atomic mass is 9.96. The van der Waals surface area contributed by atoms with Crippen LogP contribution in [0.25, 0.3) is 28.1 Å². The van der Waals surface area contributed by atoms with Crippen molar-refractivity contribution in [3.63, 3.8) is 0 Å². The summed E-state index contributed by atoms with van der Waals surface area (Å²) in [7, 11) is 0. The number of benzene rings is 1. The van der Waals surface area contributed by atoms with Crippen LogP contribution in [-0.4, -0.2) is 25.0 Å². The Morgan fingerprint density at radius 1 is 0.889 bits per heavy atom. The highest BCUT2D eigenvalue weighted by Crippen LogP contribution is 2.35. The van der Waals surface area contributed by atoms with E-state index in [9.17, 15) is 4.39 Å². The van der Waals surface area contributed by atoms with E-state index in [1.54, 1.807) is 30.6 Å². The van der Waals surface area contributed by atoms with Gasteiger partial charge in [-0.15, -0.1) is 4.80 Å². The average Bonchev–Trinajstić information content (AvgIpc) is 3.18. The summed E-state index contributed by atoms with van der Waals surface area (Å²) in [6.45, 7) is 1.89. The third-order valence-electron chi connectivity index (χ3n) is 4.12. The molecule has 4 rings (SSSR count). The van der Waals surface area contributed by atoms with E-state index in [0.29, 0.717) is 38.1 Å². The van der Waals surface area contributed by atoms with Crippen molar-refractivity contribution in [2.75, 3.05) is 0 Å². The highest BCUT2D eigenvalue weighted by atomic mass is 35.5. The van der Waals surface area contributed by atoms with Crippen LogP contribution in [0.5, 0.6) is 0 Å². The van der Waals surface area contributed by atoms with Gasteiger partial charge in [0.15, 0.2) is 5.82 Å². The van der Waals surface area contributed by atoms with Gasteiger partial charge in [-0.1, -0.05) is 23.2 Å². The Kier molecular flexibility index (Phi) is 4.59. The summed E-state index contributed by atoms with van der Waals surface area (Å²) < 4.78 is 14.8. The van der Waals surface area contributed by atoms with Crippen molar-refractivity contribution in [2.24, 2.45) is 0 Å². The van der Waals surface area contributed by atoms with Crippen molar-refractivity contribution in [3.05, 3.63) is 76.7 Å². The van der Waals surface area contributed by atoms with Crippen LogP contribution in [0.2, 0.25) is 10.0 Å². The van der Waals surface area contributed by atoms with E-state index < -0.39 is 5.82 Å². The number of hydrogen-bond acceptors (Lipinski definition) is 4. The quantitative estimate of drug-likeness (QED) is 0.478. The first-order valence-corrected chi connectivity index (χ1v) is 8.73. The summed E-state index contributed by atoms with van der Waals surface area (Å²) in [4.78, 5) is 9.58. The summed E-state index contributed by atoms with van der Waals surface area (Å²) in [5.41, 5.74) is 3.26. The van der Waals surface area contributed by atoms with E-state index in [4.69, 9.17) is 23.2 Å². The maximum Gasteiger partial charge on any atom is 0.193 e. The van der Waals surface area contributed by atoms with Crippen LogP contribution in [0, 0.1) is 12.7 Å². The van der Waals surface area contributed by atoms with E-state index in [1.165, 1.54) is 29.5 Å². The average molecular weight is 400 g/mol. The van der Waals surface area contributed by atoms with Crippen LogP contribution in [-0.2, 0) is 0 Å². The topological polar surface area (TPSA) is 56.5 Å². The number of nitrogens with zero attached hydrogens (tertiary/aromatic N) is 5. The second-order valence-corrected chi connectivity index (χ2v) is 6.66. The summed E-state index contributed by atoms with van der Waals surface area (Å²) in [6, 6.07) is 6.61. The van der Waals surface area contributed by atoms with Gasteiger partial charge in [0.1, 0.15) is 5.82 Å². The minimum atomic E-state index is -0.391. The van der Waals surface area contributed by atoms with E-state index >= 15 is 0 Å². The van der Waals surface area contributed by atoms with Crippen LogP contribution in [0.15, 0.2) is 55.2 Å². The molecule has 4 aromatic rings. The van der Waals surface area contributed by atoms with Gasteiger partial charge >= 0.3 is 0 Å². The normalized spacial score (nSPS) is 11.0. The zero-order valence-electron chi connectivity index (χ0n) is 14.1. The van der Waals surface area contributed by atoms with Gasteiger partial charge in [0.2, 0.25) is 0 Å². The van der Waals surface area contributed by atoms with Gasteiger partial charge in [0, 0.05) is 35.3 Å². The fraction of sp³-hybridized carbons (Fsp3) is 0.0526. The van der Waals surface area contributed by atoms with Crippen LogP contribution >= 0.6 is 23.2 Å². The Morgan fingerprint density at radius 3 is 2.37 bits per heavy atom. The second kappa shape index (κ2) is 7.06. The molecule has 0 saturated heterocycles. The molecule has 0 bridgehead atoms. The number of aromatic nitrogens is 5. The lowest BCUT2D eigenvalue weighted by molar-refractivity contribution is 0.631. The highest BCUT2D eigenvalue weighted by Gasteiger charge is 2.15. The third-order valence-corrected chi connectivity index (χ3v) is 4.70. The van der Waals surface area contributed by atoms with Crippen LogP contribution < -0.4 is 0 Å². The molecule has 27 heavy (non-hydrogen) atoms. The van der Waals surface area contributed by atoms with Crippen molar-refractivity contribution in [1.29, 1.82) is 0 Å². The molecular weight excluding hydrogens is 388 g/mol. The standard InChI is InChI=1S/C19H12Cl2FN5/c1-11-6-15(13-2-3-23-10-17(13)21)18(22)8-14(11)12-7-16(20)19(24-9-12)27-25-4-5-26-27/h2-10H,1H3. The summed E-state index contributed by atoms with van der Waals surface area (Å²) in [5, 5.41) is 8.79. The number of halogens is 3. The molecule has 0 saturated carbocycles. The summed E-state index contributed by atoms with van der Waals surface area (Å²) in [6.07, 6.45) is 7.76. The minimum absolute atomic E-state index is 0.366. The fourth-order valence-electron chi connectivity index (χ4n) is 2.84. The van der Waals surface area contributed by atoms with Crippen molar-refractivity contribution in [2.45, 2.75) is 6.92 Å². The zero-order chi connectivity index (χ0) is 19.0. The number of rotatable bonds is 3. The van der Waals surface area contributed by atoms with E-state index in [2.05, 4.69) is 20.2 Å². The first-order chi connectivity index (χ1) is 13.0. The van der Waals surface area contributed by atoms with Gasteiger partial charge < -0.3 is 0 Å². The lowest BCUT2D eigenvalue weighted by Crippen LogP contribution is -2.02. The first-order valence-electron chi connectivity index (χ1n) is 7.97. The molecule has 0 radical (unpaired) electrons. The van der Waals surface area contributed by atoms with Crippen LogP contribution in [0.3, 0.4) is 0 Å². The van der Waals surface area contributed by atoms with E-state index in [0.717, 1.165) is 5.56 Å². The number of hydrogen-bond donors (Lipinski definition) is 0. The molecule has 0 unspecified atom stereocenters. The molecular formula is C19H12Cl2FN5. The Balaban J connectivity index is 1.78. The third kappa shape index (κ3) is 3.29. The highest BCUT2D eigenvalue weighted by molar-refractivity contribution is 6.33. The van der Waals surface area contributed by atoms with E-state index in [1.807, 2.05) is 6.92 Å². The molecule has 5 nitrogen and oxygen atoms in total. The van der Waals surface area contributed by atoms with Crippen molar-refractivity contribution in [1.82, 2.24) is 25.0 Å². The number of aryl methyl sites for hydroxylation is 1. The molecule has 0 spiro atoms. The predicted molar refractivity (Wildman–Crippen MR) is 103 cm³/mol. The lowest BCUT2D eigenvalue weighted by Gasteiger charge is -2.12. The van der Waals surface area contributed by atoms with Gasteiger partial charge in [0.25, 0.3) is 0 Å². The Labute approximate surface area is 164 Å². The molecule has 3 heterocycles. The Hall–Kier alpha value is -2.83. The van der Waals surface area contributed by atoms with Gasteiger partial charge in [0.05, 0.1) is 22.4 Å². The monoisotopic (exact) mass is 399 g/mol. The Morgan fingerprint density at radius 2 is 1.67 bits per heavy atom. The van der Waals surface area contributed by atoms with Gasteiger partial charge in [-0.3, -0.25) is 4.98 Å². The second-order valence-electron chi connectivity index (χ2n) is 5.85. The predicted octanol–water partition coefficient (Wildman–Crippen LogP) is 5.15. The molecule has 0 N–H and O–H groups in total. The molecule has 0 amide bonds. The molecule has 0 aliphatic heterocycles. The van der Waals surface area contributed by atoms with Crippen LogP contribution in [0.1, 0.15) is 5.56 Å². The zero-order valence-corrected chi connectivity index (χ0v) is 15.6. The van der Waals surface area contributed by atoms with Crippen LogP contribution in [0.4, 0.5) is 4.39 Å². The molecule has 8 heteroatoms. The molecule has 134 valence electrons. The largest absolute Gasteiger partial charge is 0.263 e. The SMILES string of the molecule is Cc1cc(-c2ccncc2Cl)c(F)cc1-c1cnc(-n2nccn2)c(Cl)c1. The molecule has 0 fully saturated rings. The maximum absolute atomic E-state index is 14.8. The Bertz CT molecular complexity index is 1130. The number of pyridine rings is 2. The molecule has 0 aliphatic carbocycles. The molecule has 0 atom stereocenters. The van der Waals surface area contributed by atoms with E-state index in [-0.39, 0.29) is 0 Å². The molecule has 3 aromatic heterocycles. The van der Waals surface area contributed by atoms with Crippen molar-refractivity contribution >= 4 is 23.2 Å². The summed E-state index contributed by atoms with van der Waals surface area (Å²) >= 11 is 12.5. The van der Waals surface area contributed by atoms with Crippen molar-refractivity contribution < 1.29 is 4.39 Å². The van der Waals surface area contributed by atoms with Gasteiger partial charge in [-0.25, -0.2) is 9.37 Å².